The topological polar surface area (TPSA) is 17.1 Å². The molecule has 0 amide bonds. The minimum atomic E-state index is -4.60. The largest absolute Gasteiger partial charge is 0.419 e. The highest BCUT2D eigenvalue weighted by atomic mass is 19.4. The second kappa shape index (κ2) is 3.36. The van der Waals surface area contributed by atoms with E-state index in [-0.39, 0.29) is 5.57 Å². The Morgan fingerprint density at radius 3 is 2.46 bits per heavy atom. The molecule has 0 aliphatic heterocycles. The van der Waals surface area contributed by atoms with Crippen molar-refractivity contribution in [2.24, 2.45) is 0 Å². The van der Waals surface area contributed by atoms with Gasteiger partial charge < -0.3 is 0 Å². The van der Waals surface area contributed by atoms with E-state index >= 15 is 0 Å². The lowest BCUT2D eigenvalue weighted by atomic mass is 10.0. The van der Waals surface area contributed by atoms with Crippen molar-refractivity contribution in [3.63, 3.8) is 0 Å². The number of carbonyl (C=O) groups is 1. The molecule has 0 saturated carbocycles. The summed E-state index contributed by atoms with van der Waals surface area (Å²) in [5.74, 6) is -0.954. The van der Waals surface area contributed by atoms with Crippen LogP contribution in [0.4, 0.5) is 13.2 Å². The first kappa shape index (κ1) is 10.0. The van der Waals surface area contributed by atoms with E-state index in [2.05, 4.69) is 6.58 Å². The molecule has 0 heterocycles. The molecule has 0 atom stereocenters. The van der Waals surface area contributed by atoms with Gasteiger partial charge >= 0.3 is 6.18 Å². The number of rotatable bonds is 2. The summed E-state index contributed by atoms with van der Waals surface area (Å²) >= 11 is 0. The number of carbonyl (C=O) groups excluding carboxylic acids is 1. The normalized spacial score (nSPS) is 17.0. The Balaban J connectivity index is 2.73. The highest BCUT2D eigenvalue weighted by molar-refractivity contribution is 6.08. The van der Waals surface area contributed by atoms with E-state index in [1.165, 1.54) is 0 Å². The summed E-state index contributed by atoms with van der Waals surface area (Å²) in [6, 6.07) is 0. The van der Waals surface area contributed by atoms with Crippen molar-refractivity contribution in [2.75, 3.05) is 0 Å². The average Bonchev–Trinajstić information content (AvgIpc) is 2.51. The average molecular weight is 190 g/mol. The van der Waals surface area contributed by atoms with Crippen LogP contribution in [0.25, 0.3) is 0 Å². The van der Waals surface area contributed by atoms with Crippen molar-refractivity contribution < 1.29 is 18.0 Å². The van der Waals surface area contributed by atoms with Crippen LogP contribution in [0.5, 0.6) is 0 Å². The van der Waals surface area contributed by atoms with Crippen LogP contribution < -0.4 is 0 Å². The summed E-state index contributed by atoms with van der Waals surface area (Å²) in [5.41, 5.74) is -1.01. The van der Waals surface area contributed by atoms with Gasteiger partial charge in [0.1, 0.15) is 0 Å². The van der Waals surface area contributed by atoms with Crippen molar-refractivity contribution in [1.29, 1.82) is 0 Å². The van der Waals surface area contributed by atoms with Gasteiger partial charge in [0.2, 0.25) is 0 Å². The van der Waals surface area contributed by atoms with Crippen LogP contribution in [0, 0.1) is 0 Å². The van der Waals surface area contributed by atoms with Crippen molar-refractivity contribution >= 4 is 5.78 Å². The lowest BCUT2D eigenvalue weighted by molar-refractivity contribution is -0.125. The van der Waals surface area contributed by atoms with Gasteiger partial charge in [-0.05, 0) is 24.8 Å². The summed E-state index contributed by atoms with van der Waals surface area (Å²) in [5, 5.41) is 0. The van der Waals surface area contributed by atoms with E-state index < -0.39 is 17.5 Å². The molecule has 0 saturated heterocycles. The van der Waals surface area contributed by atoms with Gasteiger partial charge in [-0.25, -0.2) is 0 Å². The number of alkyl halides is 3. The molecule has 0 radical (unpaired) electrons. The Kier molecular flexibility index (Phi) is 2.59. The first-order valence-electron chi connectivity index (χ1n) is 3.93. The molecule has 1 nitrogen and oxygen atoms in total. The molecule has 0 aromatic rings. The molecular weight excluding hydrogens is 181 g/mol. The highest BCUT2D eigenvalue weighted by Gasteiger charge is 2.37. The first-order valence-corrected chi connectivity index (χ1v) is 3.93. The van der Waals surface area contributed by atoms with E-state index in [1.54, 1.807) is 6.08 Å². The van der Waals surface area contributed by atoms with Gasteiger partial charge in [0.15, 0.2) is 5.78 Å². The van der Waals surface area contributed by atoms with Gasteiger partial charge in [-0.2, -0.15) is 13.2 Å². The monoisotopic (exact) mass is 190 g/mol. The highest BCUT2D eigenvalue weighted by Crippen LogP contribution is 2.29. The van der Waals surface area contributed by atoms with Crippen molar-refractivity contribution in [1.82, 2.24) is 0 Å². The Bertz CT molecular complexity index is 273. The Morgan fingerprint density at radius 1 is 1.46 bits per heavy atom. The van der Waals surface area contributed by atoms with Crippen molar-refractivity contribution in [2.45, 2.75) is 25.4 Å². The van der Waals surface area contributed by atoms with E-state index in [0.717, 1.165) is 6.42 Å². The first-order chi connectivity index (χ1) is 5.93. The van der Waals surface area contributed by atoms with Gasteiger partial charge in [0.05, 0.1) is 5.57 Å². The fraction of sp³-hybridized carbons (Fsp3) is 0.444. The second-order valence-corrected chi connectivity index (χ2v) is 2.93. The van der Waals surface area contributed by atoms with E-state index in [4.69, 9.17) is 0 Å². The lowest BCUT2D eigenvalue weighted by Gasteiger charge is -2.08. The number of hydrogen-bond donors (Lipinski definition) is 0. The maximum atomic E-state index is 12.0. The standard InChI is InChI=1S/C9H9F3O/c1-6(9(10,11)12)8(13)7-4-2-3-5-7/h4H,1-3,5H2. The Labute approximate surface area is 73.9 Å². The van der Waals surface area contributed by atoms with Crippen LogP contribution in [0.15, 0.2) is 23.8 Å². The minimum absolute atomic E-state index is 0.252. The number of allylic oxidation sites excluding steroid dienone is 3. The van der Waals surface area contributed by atoms with E-state index in [0.29, 0.717) is 12.8 Å². The predicted molar refractivity (Wildman–Crippen MR) is 42.1 cm³/mol. The van der Waals surface area contributed by atoms with Gasteiger partial charge in [-0.3, -0.25) is 4.79 Å². The summed E-state index contributed by atoms with van der Waals surface area (Å²) in [6.07, 6.45) is -1.16. The zero-order chi connectivity index (χ0) is 10.1. The summed E-state index contributed by atoms with van der Waals surface area (Å²) in [7, 11) is 0. The van der Waals surface area contributed by atoms with E-state index in [1.807, 2.05) is 0 Å². The number of ketones is 1. The van der Waals surface area contributed by atoms with Crippen LogP contribution in [0.2, 0.25) is 0 Å². The van der Waals surface area contributed by atoms with Crippen LogP contribution in [0.1, 0.15) is 19.3 Å². The van der Waals surface area contributed by atoms with E-state index in [9.17, 15) is 18.0 Å². The van der Waals surface area contributed by atoms with Crippen LogP contribution in [0.3, 0.4) is 0 Å². The third-order valence-electron chi connectivity index (χ3n) is 1.95. The lowest BCUT2D eigenvalue weighted by Crippen LogP contribution is -2.19. The molecule has 0 N–H and O–H groups in total. The second-order valence-electron chi connectivity index (χ2n) is 2.93. The zero-order valence-electron chi connectivity index (χ0n) is 6.95. The Hall–Kier alpha value is -1.06. The van der Waals surface area contributed by atoms with Crippen molar-refractivity contribution in [3.8, 4) is 0 Å². The predicted octanol–water partition coefficient (Wildman–Crippen LogP) is 2.78. The number of halogens is 3. The van der Waals surface area contributed by atoms with Crippen LogP contribution in [-0.2, 0) is 4.79 Å². The van der Waals surface area contributed by atoms with Gasteiger partial charge in [-0.15, -0.1) is 0 Å². The Morgan fingerprint density at radius 2 is 2.08 bits per heavy atom. The zero-order valence-corrected chi connectivity index (χ0v) is 6.95. The third-order valence-corrected chi connectivity index (χ3v) is 1.95. The molecule has 1 rings (SSSR count). The molecule has 13 heavy (non-hydrogen) atoms. The fourth-order valence-corrected chi connectivity index (χ4v) is 1.20. The smallest absolute Gasteiger partial charge is 0.289 e. The van der Waals surface area contributed by atoms with Crippen LogP contribution in [-0.4, -0.2) is 12.0 Å². The molecule has 0 aromatic carbocycles. The molecule has 1 aliphatic carbocycles. The molecule has 0 bridgehead atoms. The molecule has 0 unspecified atom stereocenters. The van der Waals surface area contributed by atoms with Crippen LogP contribution >= 0.6 is 0 Å². The quantitative estimate of drug-likeness (QED) is 0.612. The molecular formula is C9H9F3O. The summed E-state index contributed by atoms with van der Waals surface area (Å²) < 4.78 is 36.0. The molecule has 72 valence electrons. The number of hydrogen-bond acceptors (Lipinski definition) is 1. The molecule has 0 aromatic heterocycles. The molecule has 0 spiro atoms. The maximum absolute atomic E-state index is 12.0. The fourth-order valence-electron chi connectivity index (χ4n) is 1.20. The van der Waals surface area contributed by atoms with Gasteiger partial charge in [0, 0.05) is 0 Å². The molecule has 1 aliphatic rings. The van der Waals surface area contributed by atoms with Gasteiger partial charge in [0.25, 0.3) is 0 Å². The van der Waals surface area contributed by atoms with Crippen molar-refractivity contribution in [3.05, 3.63) is 23.8 Å². The minimum Gasteiger partial charge on any atom is -0.289 e. The van der Waals surface area contributed by atoms with Gasteiger partial charge in [-0.1, -0.05) is 12.7 Å². The molecule has 0 fully saturated rings. The maximum Gasteiger partial charge on any atom is 0.419 e. The SMILES string of the molecule is C=C(C(=O)C1=CCCC1)C(F)(F)F. The number of Topliss-reactive ketones (excluding diaryl/α,β-unsaturated/α-hetero) is 1. The summed E-state index contributed by atoms with van der Waals surface area (Å²) in [6.45, 7) is 2.76. The molecule has 4 heteroatoms. The third kappa shape index (κ3) is 2.20. The summed E-state index contributed by atoms with van der Waals surface area (Å²) in [4.78, 5) is 11.1.